The van der Waals surface area contributed by atoms with Gasteiger partial charge in [-0.05, 0) is 38.2 Å². The number of benzene rings is 1. The molecule has 0 radical (unpaired) electrons. The lowest BCUT2D eigenvalue weighted by Gasteiger charge is -2.15. The number of amides is 1. The summed E-state index contributed by atoms with van der Waals surface area (Å²) in [6.45, 7) is 1.56. The topological polar surface area (TPSA) is 58.4 Å². The number of nitrogen functional groups attached to an aromatic ring is 1. The average molecular weight is 287 g/mol. The first-order chi connectivity index (χ1) is 9.27. The smallest absolute Gasteiger partial charge is 0.398 e. The van der Waals surface area contributed by atoms with Gasteiger partial charge in [0.05, 0.1) is 5.56 Å². The third kappa shape index (κ3) is 3.22. The van der Waals surface area contributed by atoms with E-state index < -0.39 is 17.6 Å². The molecule has 1 aliphatic heterocycles. The first-order valence-electron chi connectivity index (χ1n) is 6.23. The van der Waals surface area contributed by atoms with Gasteiger partial charge in [0, 0.05) is 23.8 Å². The van der Waals surface area contributed by atoms with Gasteiger partial charge in [0.1, 0.15) is 0 Å². The summed E-state index contributed by atoms with van der Waals surface area (Å²) >= 11 is 0. The summed E-state index contributed by atoms with van der Waals surface area (Å²) < 4.78 is 38.2. The molecule has 1 fully saturated rings. The summed E-state index contributed by atoms with van der Waals surface area (Å²) in [4.78, 5) is 14.0. The van der Waals surface area contributed by atoms with Crippen molar-refractivity contribution in [3.63, 3.8) is 0 Å². The molecule has 0 spiro atoms. The number of hydrogen-bond acceptors (Lipinski definition) is 3. The first kappa shape index (κ1) is 14.6. The summed E-state index contributed by atoms with van der Waals surface area (Å²) in [6, 6.07) is 3.18. The SMILES string of the molecule is CN1CCC(NC(=O)c2ccc(N)c(C(F)(F)F)c2)C1. The van der Waals surface area contributed by atoms with Gasteiger partial charge in [-0.1, -0.05) is 0 Å². The molecule has 0 aliphatic carbocycles. The van der Waals surface area contributed by atoms with E-state index >= 15 is 0 Å². The van der Waals surface area contributed by atoms with Gasteiger partial charge in [0.25, 0.3) is 5.91 Å². The summed E-state index contributed by atoms with van der Waals surface area (Å²) in [5, 5.41) is 2.73. The quantitative estimate of drug-likeness (QED) is 0.814. The van der Waals surface area contributed by atoms with Crippen molar-refractivity contribution in [2.24, 2.45) is 0 Å². The molecule has 3 N–H and O–H groups in total. The van der Waals surface area contributed by atoms with Crippen LogP contribution in [0.2, 0.25) is 0 Å². The second-order valence-electron chi connectivity index (χ2n) is 5.02. The van der Waals surface area contributed by atoms with Crippen molar-refractivity contribution in [1.29, 1.82) is 0 Å². The number of nitrogens with two attached hydrogens (primary N) is 1. The number of anilines is 1. The Labute approximate surface area is 114 Å². The van der Waals surface area contributed by atoms with Gasteiger partial charge < -0.3 is 16.0 Å². The maximum absolute atomic E-state index is 12.7. The van der Waals surface area contributed by atoms with E-state index in [0.29, 0.717) is 6.54 Å². The molecule has 7 heteroatoms. The molecule has 1 saturated heterocycles. The van der Waals surface area contributed by atoms with Crippen LogP contribution in [0.25, 0.3) is 0 Å². The Bertz CT molecular complexity index is 516. The van der Waals surface area contributed by atoms with Gasteiger partial charge in [-0.3, -0.25) is 4.79 Å². The number of alkyl halides is 3. The van der Waals surface area contributed by atoms with Crippen molar-refractivity contribution in [3.8, 4) is 0 Å². The van der Waals surface area contributed by atoms with E-state index in [1.807, 2.05) is 7.05 Å². The Hall–Kier alpha value is -1.76. The highest BCUT2D eigenvalue weighted by Gasteiger charge is 2.33. The van der Waals surface area contributed by atoms with Crippen molar-refractivity contribution < 1.29 is 18.0 Å². The Balaban J connectivity index is 2.14. The number of nitrogens with zero attached hydrogens (tertiary/aromatic N) is 1. The predicted molar refractivity (Wildman–Crippen MR) is 69.2 cm³/mol. The second-order valence-corrected chi connectivity index (χ2v) is 5.02. The first-order valence-corrected chi connectivity index (χ1v) is 6.23. The molecule has 0 saturated carbocycles. The second kappa shape index (κ2) is 5.32. The van der Waals surface area contributed by atoms with E-state index in [1.165, 1.54) is 6.07 Å². The monoisotopic (exact) mass is 287 g/mol. The van der Waals surface area contributed by atoms with Gasteiger partial charge in [0.2, 0.25) is 0 Å². The van der Waals surface area contributed by atoms with Gasteiger partial charge in [0.15, 0.2) is 0 Å². The molecule has 1 atom stereocenters. The summed E-state index contributed by atoms with van der Waals surface area (Å²) in [5.41, 5.74) is 3.91. The molecular formula is C13H16F3N3O. The maximum atomic E-state index is 12.7. The third-order valence-corrected chi connectivity index (χ3v) is 3.35. The molecule has 0 bridgehead atoms. The van der Waals surface area contributed by atoms with Gasteiger partial charge in [-0.25, -0.2) is 0 Å². The van der Waals surface area contributed by atoms with E-state index in [2.05, 4.69) is 10.2 Å². The zero-order valence-electron chi connectivity index (χ0n) is 11.0. The fourth-order valence-corrected chi connectivity index (χ4v) is 2.26. The number of rotatable bonds is 2. The number of hydrogen-bond donors (Lipinski definition) is 2. The van der Waals surface area contributed by atoms with Crippen LogP contribution in [0.15, 0.2) is 18.2 Å². The van der Waals surface area contributed by atoms with Crippen LogP contribution in [0.5, 0.6) is 0 Å². The normalized spacial score (nSPS) is 20.1. The van der Waals surface area contributed by atoms with Crippen molar-refractivity contribution >= 4 is 11.6 Å². The van der Waals surface area contributed by atoms with E-state index in [-0.39, 0.29) is 17.3 Å². The van der Waals surface area contributed by atoms with Crippen LogP contribution in [0, 0.1) is 0 Å². The fraction of sp³-hybridized carbons (Fsp3) is 0.462. The van der Waals surface area contributed by atoms with E-state index in [1.54, 1.807) is 0 Å². The molecule has 0 aromatic heterocycles. The Morgan fingerprint density at radius 3 is 2.70 bits per heavy atom. The lowest BCUT2D eigenvalue weighted by atomic mass is 10.1. The highest BCUT2D eigenvalue weighted by molar-refractivity contribution is 5.95. The van der Waals surface area contributed by atoms with Gasteiger partial charge in [-0.2, -0.15) is 13.2 Å². The zero-order chi connectivity index (χ0) is 14.9. The molecule has 1 aromatic carbocycles. The van der Waals surface area contributed by atoms with Crippen LogP contribution in [-0.4, -0.2) is 37.0 Å². The average Bonchev–Trinajstić information content (AvgIpc) is 2.73. The lowest BCUT2D eigenvalue weighted by Crippen LogP contribution is -2.36. The fourth-order valence-electron chi connectivity index (χ4n) is 2.26. The molecule has 20 heavy (non-hydrogen) atoms. The van der Waals surface area contributed by atoms with Crippen LogP contribution in [0.1, 0.15) is 22.3 Å². The van der Waals surface area contributed by atoms with Gasteiger partial charge >= 0.3 is 6.18 Å². The molecule has 2 rings (SSSR count). The van der Waals surface area contributed by atoms with Crippen molar-refractivity contribution in [3.05, 3.63) is 29.3 Å². The van der Waals surface area contributed by atoms with Crippen molar-refractivity contribution in [2.75, 3.05) is 25.9 Å². The van der Waals surface area contributed by atoms with Crippen LogP contribution < -0.4 is 11.1 Å². The maximum Gasteiger partial charge on any atom is 0.418 e. The van der Waals surface area contributed by atoms with Crippen molar-refractivity contribution in [2.45, 2.75) is 18.6 Å². The Kier molecular flexibility index (Phi) is 3.89. The highest BCUT2D eigenvalue weighted by Crippen LogP contribution is 2.34. The summed E-state index contributed by atoms with van der Waals surface area (Å²) in [7, 11) is 1.93. The lowest BCUT2D eigenvalue weighted by molar-refractivity contribution is -0.136. The van der Waals surface area contributed by atoms with E-state index in [4.69, 9.17) is 5.73 Å². The molecule has 4 nitrogen and oxygen atoms in total. The third-order valence-electron chi connectivity index (χ3n) is 3.35. The molecule has 1 aliphatic rings. The summed E-state index contributed by atoms with van der Waals surface area (Å²) in [6.07, 6.45) is -3.77. The van der Waals surface area contributed by atoms with Crippen LogP contribution in [0.3, 0.4) is 0 Å². The molecule has 1 aromatic rings. The Morgan fingerprint density at radius 2 is 2.15 bits per heavy atom. The molecule has 1 unspecified atom stereocenters. The van der Waals surface area contributed by atoms with Crippen LogP contribution in [-0.2, 0) is 6.18 Å². The zero-order valence-corrected chi connectivity index (χ0v) is 11.0. The number of likely N-dealkylation sites (N-methyl/N-ethyl adjacent to an activating group) is 1. The number of nitrogens with one attached hydrogen (secondary N) is 1. The van der Waals surface area contributed by atoms with Crippen molar-refractivity contribution in [1.82, 2.24) is 10.2 Å². The van der Waals surface area contributed by atoms with Crippen LogP contribution >= 0.6 is 0 Å². The molecular weight excluding hydrogens is 271 g/mol. The number of carbonyl (C=O) groups is 1. The van der Waals surface area contributed by atoms with E-state index in [9.17, 15) is 18.0 Å². The Morgan fingerprint density at radius 1 is 1.45 bits per heavy atom. The largest absolute Gasteiger partial charge is 0.418 e. The number of likely N-dealkylation sites (tertiary alicyclic amines) is 1. The standard InChI is InChI=1S/C13H16F3N3O/c1-19-5-4-9(7-19)18-12(20)8-2-3-11(17)10(6-8)13(14,15)16/h2-3,6,9H,4-5,7,17H2,1H3,(H,18,20). The molecule has 110 valence electrons. The highest BCUT2D eigenvalue weighted by atomic mass is 19.4. The van der Waals surface area contributed by atoms with E-state index in [0.717, 1.165) is 25.1 Å². The summed E-state index contributed by atoms with van der Waals surface area (Å²) in [5.74, 6) is -0.504. The minimum absolute atomic E-state index is 0.0268. The number of halogens is 3. The number of carbonyl (C=O) groups excluding carboxylic acids is 1. The van der Waals surface area contributed by atoms with Crippen LogP contribution in [0.4, 0.5) is 18.9 Å². The molecule has 1 heterocycles. The molecule has 1 amide bonds. The minimum atomic E-state index is -4.56. The predicted octanol–water partition coefficient (Wildman–Crippen LogP) is 1.72. The minimum Gasteiger partial charge on any atom is -0.398 e. The van der Waals surface area contributed by atoms with Gasteiger partial charge in [-0.15, -0.1) is 0 Å².